The smallest absolute Gasteiger partial charge is 0.230 e. The molecule has 1 atom stereocenters. The number of carbonyl (C=O) groups excluding carboxylic acids is 1. The number of hydrogen-bond acceptors (Lipinski definition) is 2. The number of carbonyl (C=O) groups is 1. The van der Waals surface area contributed by atoms with Gasteiger partial charge in [-0.1, -0.05) is 84.4 Å². The van der Waals surface area contributed by atoms with Crippen LogP contribution in [0.4, 0.5) is 0 Å². The summed E-state index contributed by atoms with van der Waals surface area (Å²) in [4.78, 5) is 12.6. The van der Waals surface area contributed by atoms with Crippen molar-refractivity contribution in [2.24, 2.45) is 0 Å². The first kappa shape index (κ1) is 19.2. The van der Waals surface area contributed by atoms with Crippen molar-refractivity contribution in [2.45, 2.75) is 25.6 Å². The fourth-order valence-electron chi connectivity index (χ4n) is 3.05. The molecule has 1 amide bonds. The molecule has 3 aromatic carbocycles. The van der Waals surface area contributed by atoms with Crippen LogP contribution in [-0.2, 0) is 10.5 Å². The monoisotopic (exact) mass is 375 g/mol. The molecule has 3 rings (SSSR count). The Bertz CT molecular complexity index is 874. The van der Waals surface area contributed by atoms with Crippen LogP contribution in [-0.4, -0.2) is 11.7 Å². The van der Waals surface area contributed by atoms with Gasteiger partial charge in [0, 0.05) is 5.75 Å². The summed E-state index contributed by atoms with van der Waals surface area (Å²) in [6.07, 6.45) is 0. The normalized spacial score (nSPS) is 11.8. The van der Waals surface area contributed by atoms with Gasteiger partial charge in [0.25, 0.3) is 0 Å². The minimum Gasteiger partial charge on any atom is -0.344 e. The molecule has 0 unspecified atom stereocenters. The van der Waals surface area contributed by atoms with E-state index in [2.05, 4.69) is 67.7 Å². The van der Waals surface area contributed by atoms with Gasteiger partial charge in [-0.2, -0.15) is 0 Å². The van der Waals surface area contributed by atoms with Crippen molar-refractivity contribution in [3.8, 4) is 0 Å². The maximum atomic E-state index is 12.6. The predicted molar refractivity (Wildman–Crippen MR) is 115 cm³/mol. The second kappa shape index (κ2) is 9.43. The summed E-state index contributed by atoms with van der Waals surface area (Å²) in [7, 11) is 0. The van der Waals surface area contributed by atoms with E-state index in [1.165, 1.54) is 16.7 Å². The highest BCUT2D eigenvalue weighted by atomic mass is 32.2. The maximum Gasteiger partial charge on any atom is 0.230 e. The number of thioether (sulfide) groups is 1. The van der Waals surface area contributed by atoms with E-state index in [-0.39, 0.29) is 11.9 Å². The van der Waals surface area contributed by atoms with E-state index in [4.69, 9.17) is 0 Å². The van der Waals surface area contributed by atoms with Crippen molar-refractivity contribution < 1.29 is 4.79 Å². The molecular formula is C24H25NOS. The Hall–Kier alpha value is -2.52. The van der Waals surface area contributed by atoms with Crippen LogP contribution in [0.2, 0.25) is 0 Å². The number of amides is 1. The Morgan fingerprint density at radius 1 is 0.889 bits per heavy atom. The van der Waals surface area contributed by atoms with E-state index in [9.17, 15) is 4.79 Å². The molecule has 3 heteroatoms. The third-order valence-electron chi connectivity index (χ3n) is 4.56. The van der Waals surface area contributed by atoms with Gasteiger partial charge >= 0.3 is 0 Å². The van der Waals surface area contributed by atoms with Gasteiger partial charge < -0.3 is 5.32 Å². The molecule has 0 aliphatic carbocycles. The molecule has 2 nitrogen and oxygen atoms in total. The zero-order valence-corrected chi connectivity index (χ0v) is 16.6. The molecule has 3 aromatic rings. The molecule has 0 saturated carbocycles. The molecule has 138 valence electrons. The number of rotatable bonds is 7. The van der Waals surface area contributed by atoms with Gasteiger partial charge in [0.1, 0.15) is 0 Å². The summed E-state index contributed by atoms with van der Waals surface area (Å²) in [5.41, 5.74) is 5.92. The van der Waals surface area contributed by atoms with Crippen LogP contribution in [0.1, 0.15) is 33.9 Å². The third-order valence-corrected chi connectivity index (χ3v) is 5.56. The Morgan fingerprint density at radius 3 is 2.26 bits per heavy atom. The lowest BCUT2D eigenvalue weighted by Crippen LogP contribution is -2.31. The first-order chi connectivity index (χ1) is 13.1. The first-order valence-corrected chi connectivity index (χ1v) is 10.3. The molecule has 0 heterocycles. The third kappa shape index (κ3) is 5.48. The van der Waals surface area contributed by atoms with Crippen LogP contribution < -0.4 is 5.32 Å². The molecule has 0 aliphatic rings. The van der Waals surface area contributed by atoms with Crippen LogP contribution in [0, 0.1) is 13.8 Å². The highest BCUT2D eigenvalue weighted by Gasteiger charge is 2.18. The summed E-state index contributed by atoms with van der Waals surface area (Å²) >= 11 is 1.64. The summed E-state index contributed by atoms with van der Waals surface area (Å²) < 4.78 is 0. The first-order valence-electron chi connectivity index (χ1n) is 9.16. The van der Waals surface area contributed by atoms with Gasteiger partial charge in [-0.05, 0) is 36.1 Å². The average molecular weight is 376 g/mol. The van der Waals surface area contributed by atoms with Gasteiger partial charge in [-0.25, -0.2) is 0 Å². The van der Waals surface area contributed by atoms with E-state index >= 15 is 0 Å². The molecule has 0 aromatic heterocycles. The second-order valence-electron chi connectivity index (χ2n) is 6.75. The molecule has 0 bridgehead atoms. The highest BCUT2D eigenvalue weighted by molar-refractivity contribution is 7.99. The van der Waals surface area contributed by atoms with E-state index in [1.807, 2.05) is 30.3 Å². The molecule has 0 radical (unpaired) electrons. The van der Waals surface area contributed by atoms with Crippen molar-refractivity contribution in [3.05, 3.63) is 107 Å². The van der Waals surface area contributed by atoms with E-state index in [0.717, 1.165) is 16.9 Å². The molecule has 0 spiro atoms. The summed E-state index contributed by atoms with van der Waals surface area (Å²) in [5, 5.41) is 3.23. The molecule has 27 heavy (non-hydrogen) atoms. The minimum atomic E-state index is -0.125. The SMILES string of the molecule is Cc1ccc(CSCC(=O)N[C@@H](c2ccccc2)c2ccccc2C)cc1. The largest absolute Gasteiger partial charge is 0.344 e. The fraction of sp³-hybridized carbons (Fsp3) is 0.208. The van der Waals surface area contributed by atoms with Crippen LogP contribution in [0.25, 0.3) is 0 Å². The topological polar surface area (TPSA) is 29.1 Å². The molecule has 0 aliphatic heterocycles. The van der Waals surface area contributed by atoms with Crippen molar-refractivity contribution in [1.82, 2.24) is 5.32 Å². The Kier molecular flexibility index (Phi) is 6.72. The highest BCUT2D eigenvalue weighted by Crippen LogP contribution is 2.25. The van der Waals surface area contributed by atoms with Crippen molar-refractivity contribution >= 4 is 17.7 Å². The Balaban J connectivity index is 1.66. The number of benzene rings is 3. The predicted octanol–water partition coefficient (Wildman–Crippen LogP) is 5.44. The standard InChI is InChI=1S/C24H25NOS/c1-18-12-14-20(15-13-18)16-27-17-23(26)25-24(21-9-4-3-5-10-21)22-11-7-6-8-19(22)2/h3-15,24H,16-17H2,1-2H3,(H,25,26)/t24-/m0/s1. The Morgan fingerprint density at radius 2 is 1.56 bits per heavy atom. The van der Waals surface area contributed by atoms with Crippen LogP contribution in [0.3, 0.4) is 0 Å². The summed E-state index contributed by atoms with van der Waals surface area (Å²) in [6.45, 7) is 4.17. The van der Waals surface area contributed by atoms with Gasteiger partial charge in [0.05, 0.1) is 11.8 Å². The zero-order valence-electron chi connectivity index (χ0n) is 15.8. The van der Waals surface area contributed by atoms with Crippen molar-refractivity contribution in [3.63, 3.8) is 0 Å². The van der Waals surface area contributed by atoms with Crippen molar-refractivity contribution in [1.29, 1.82) is 0 Å². The van der Waals surface area contributed by atoms with Crippen molar-refractivity contribution in [2.75, 3.05) is 5.75 Å². The molecular weight excluding hydrogens is 350 g/mol. The minimum absolute atomic E-state index is 0.0595. The molecule has 0 fully saturated rings. The fourth-order valence-corrected chi connectivity index (χ4v) is 3.84. The zero-order chi connectivity index (χ0) is 19.1. The number of hydrogen-bond donors (Lipinski definition) is 1. The average Bonchev–Trinajstić information content (AvgIpc) is 2.69. The number of nitrogens with one attached hydrogen (secondary N) is 1. The van der Waals surface area contributed by atoms with Gasteiger partial charge in [0.15, 0.2) is 0 Å². The second-order valence-corrected chi connectivity index (χ2v) is 7.73. The van der Waals surface area contributed by atoms with Crippen LogP contribution in [0.5, 0.6) is 0 Å². The van der Waals surface area contributed by atoms with E-state index in [1.54, 1.807) is 11.8 Å². The maximum absolute atomic E-state index is 12.6. The van der Waals surface area contributed by atoms with Gasteiger partial charge in [-0.3, -0.25) is 4.79 Å². The van der Waals surface area contributed by atoms with Crippen LogP contribution >= 0.6 is 11.8 Å². The van der Waals surface area contributed by atoms with Crippen LogP contribution in [0.15, 0.2) is 78.9 Å². The van der Waals surface area contributed by atoms with Gasteiger partial charge in [0.2, 0.25) is 5.91 Å². The molecule has 1 N–H and O–H groups in total. The lowest BCUT2D eigenvalue weighted by atomic mass is 9.95. The number of aryl methyl sites for hydroxylation is 2. The lowest BCUT2D eigenvalue weighted by molar-refractivity contribution is -0.119. The molecule has 0 saturated heterocycles. The van der Waals surface area contributed by atoms with E-state index < -0.39 is 0 Å². The Labute approximate surface area is 166 Å². The van der Waals surface area contributed by atoms with Gasteiger partial charge in [-0.15, -0.1) is 11.8 Å². The summed E-state index contributed by atoms with van der Waals surface area (Å²) in [6, 6.07) is 26.7. The summed E-state index contributed by atoms with van der Waals surface area (Å²) in [5.74, 6) is 1.35. The quantitative estimate of drug-likeness (QED) is 0.595. The van der Waals surface area contributed by atoms with E-state index in [0.29, 0.717) is 5.75 Å². The lowest BCUT2D eigenvalue weighted by Gasteiger charge is -2.21.